The fourth-order valence-electron chi connectivity index (χ4n) is 1.02. The van der Waals surface area contributed by atoms with Gasteiger partial charge in [-0.15, -0.1) is 0 Å². The van der Waals surface area contributed by atoms with Crippen molar-refractivity contribution in [3.05, 3.63) is 42.9 Å². The SMILES string of the molecule is O=c1[nH][nH]c(=O)n1-c1ccc(I)cn1. The summed E-state index contributed by atoms with van der Waals surface area (Å²) < 4.78 is 1.86. The Morgan fingerprint density at radius 2 is 1.86 bits per heavy atom. The largest absolute Gasteiger partial charge is 0.350 e. The van der Waals surface area contributed by atoms with Crippen LogP contribution in [0.5, 0.6) is 0 Å². The molecule has 2 aromatic heterocycles. The Morgan fingerprint density at radius 1 is 1.21 bits per heavy atom. The van der Waals surface area contributed by atoms with Crippen LogP contribution in [-0.2, 0) is 0 Å². The highest BCUT2D eigenvalue weighted by atomic mass is 127. The molecule has 2 heterocycles. The summed E-state index contributed by atoms with van der Waals surface area (Å²) in [6, 6.07) is 3.37. The maximum absolute atomic E-state index is 11.2. The topological polar surface area (TPSA) is 83.5 Å². The predicted octanol–water partition coefficient (Wildman–Crippen LogP) is -0.147. The quantitative estimate of drug-likeness (QED) is 0.719. The van der Waals surface area contributed by atoms with Crippen LogP contribution in [0.2, 0.25) is 0 Å². The molecule has 6 nitrogen and oxygen atoms in total. The van der Waals surface area contributed by atoms with Crippen molar-refractivity contribution >= 4 is 22.6 Å². The minimum Gasteiger partial charge on any atom is -0.247 e. The van der Waals surface area contributed by atoms with Crippen molar-refractivity contribution in [1.82, 2.24) is 19.7 Å². The number of hydrogen-bond acceptors (Lipinski definition) is 3. The summed E-state index contributed by atoms with van der Waals surface area (Å²) in [5.41, 5.74) is -1.05. The molecule has 0 unspecified atom stereocenters. The molecule has 0 spiro atoms. The lowest BCUT2D eigenvalue weighted by molar-refractivity contribution is 0.907. The van der Waals surface area contributed by atoms with E-state index in [9.17, 15) is 9.59 Å². The number of nitrogens with one attached hydrogen (secondary N) is 2. The zero-order chi connectivity index (χ0) is 10.1. The summed E-state index contributed by atoms with van der Waals surface area (Å²) in [4.78, 5) is 26.3. The normalized spacial score (nSPS) is 10.4. The number of aromatic amines is 2. The van der Waals surface area contributed by atoms with Gasteiger partial charge in [0.05, 0.1) is 0 Å². The first-order valence-corrected chi connectivity index (χ1v) is 4.78. The molecule has 2 aromatic rings. The molecule has 0 amide bonds. The van der Waals surface area contributed by atoms with E-state index < -0.39 is 11.4 Å². The highest BCUT2D eigenvalue weighted by molar-refractivity contribution is 14.1. The first kappa shape index (κ1) is 9.19. The second kappa shape index (κ2) is 3.40. The Hall–Kier alpha value is -1.38. The van der Waals surface area contributed by atoms with Crippen molar-refractivity contribution < 1.29 is 0 Å². The summed E-state index contributed by atoms with van der Waals surface area (Å²) in [7, 11) is 0. The Balaban J connectivity index is 2.66. The Bertz CT molecular complexity index is 523. The van der Waals surface area contributed by atoms with Gasteiger partial charge in [-0.2, -0.15) is 4.57 Å². The summed E-state index contributed by atoms with van der Waals surface area (Å²) >= 11 is 2.09. The van der Waals surface area contributed by atoms with Gasteiger partial charge in [-0.1, -0.05) is 0 Å². The lowest BCUT2D eigenvalue weighted by atomic mass is 10.5. The van der Waals surface area contributed by atoms with E-state index >= 15 is 0 Å². The summed E-state index contributed by atoms with van der Waals surface area (Å²) in [5, 5.41) is 4.36. The smallest absolute Gasteiger partial charge is 0.247 e. The molecular formula is C7H5IN4O2. The zero-order valence-electron chi connectivity index (χ0n) is 6.82. The van der Waals surface area contributed by atoms with Gasteiger partial charge in [0.2, 0.25) is 0 Å². The van der Waals surface area contributed by atoms with E-state index in [-0.39, 0.29) is 0 Å². The molecule has 0 saturated heterocycles. The lowest BCUT2D eigenvalue weighted by Gasteiger charge is -1.96. The molecule has 14 heavy (non-hydrogen) atoms. The first-order valence-electron chi connectivity index (χ1n) is 3.70. The molecule has 7 heteroatoms. The molecule has 0 fully saturated rings. The number of nitrogens with zero attached hydrogens (tertiary/aromatic N) is 2. The molecule has 0 radical (unpaired) electrons. The minimum absolute atomic E-state index is 0.304. The maximum Gasteiger partial charge on any atom is 0.350 e. The second-order valence-electron chi connectivity index (χ2n) is 2.53. The number of halogens is 1. The van der Waals surface area contributed by atoms with Gasteiger partial charge in [-0.3, -0.25) is 0 Å². The van der Waals surface area contributed by atoms with E-state index in [1.54, 1.807) is 18.3 Å². The minimum atomic E-state index is -0.524. The average Bonchev–Trinajstić information content (AvgIpc) is 2.49. The van der Waals surface area contributed by atoms with Gasteiger partial charge in [0, 0.05) is 9.77 Å². The molecule has 72 valence electrons. The highest BCUT2D eigenvalue weighted by Crippen LogP contribution is 2.03. The lowest BCUT2D eigenvalue weighted by Crippen LogP contribution is -2.25. The molecule has 0 aliphatic carbocycles. The van der Waals surface area contributed by atoms with Gasteiger partial charge in [0.25, 0.3) is 0 Å². The molecule has 0 atom stereocenters. The van der Waals surface area contributed by atoms with Gasteiger partial charge < -0.3 is 0 Å². The first-order chi connectivity index (χ1) is 6.68. The molecule has 0 aliphatic heterocycles. The molecule has 2 N–H and O–H groups in total. The number of H-pyrrole nitrogens is 2. The van der Waals surface area contributed by atoms with Gasteiger partial charge in [-0.05, 0) is 34.7 Å². The van der Waals surface area contributed by atoms with Crippen LogP contribution in [0.25, 0.3) is 5.82 Å². The zero-order valence-corrected chi connectivity index (χ0v) is 8.98. The average molecular weight is 304 g/mol. The van der Waals surface area contributed by atoms with Crippen molar-refractivity contribution in [2.24, 2.45) is 0 Å². The number of pyridine rings is 1. The third-order valence-corrected chi connectivity index (χ3v) is 2.26. The van der Waals surface area contributed by atoms with Crippen LogP contribution >= 0.6 is 22.6 Å². The Labute approximate surface area is 91.1 Å². The van der Waals surface area contributed by atoms with Gasteiger partial charge in [-0.25, -0.2) is 24.8 Å². The molecule has 0 saturated carbocycles. The van der Waals surface area contributed by atoms with Crippen LogP contribution < -0.4 is 11.4 Å². The number of aromatic nitrogens is 4. The van der Waals surface area contributed by atoms with Gasteiger partial charge in [0.1, 0.15) is 5.82 Å². The second-order valence-corrected chi connectivity index (χ2v) is 3.78. The fraction of sp³-hybridized carbons (Fsp3) is 0. The fourth-order valence-corrected chi connectivity index (χ4v) is 1.34. The van der Waals surface area contributed by atoms with Gasteiger partial charge >= 0.3 is 11.4 Å². The molecule has 0 aromatic carbocycles. The third-order valence-electron chi connectivity index (χ3n) is 1.62. The van der Waals surface area contributed by atoms with Gasteiger partial charge in [0.15, 0.2) is 0 Å². The molecule has 0 bridgehead atoms. The Morgan fingerprint density at radius 3 is 2.36 bits per heavy atom. The van der Waals surface area contributed by atoms with Crippen molar-refractivity contribution in [3.63, 3.8) is 0 Å². The van der Waals surface area contributed by atoms with Crippen LogP contribution in [-0.4, -0.2) is 19.7 Å². The number of rotatable bonds is 1. The summed E-state index contributed by atoms with van der Waals surface area (Å²) in [6.45, 7) is 0. The van der Waals surface area contributed by atoms with Crippen molar-refractivity contribution in [3.8, 4) is 5.82 Å². The van der Waals surface area contributed by atoms with Crippen LogP contribution in [0.1, 0.15) is 0 Å². The molecule has 0 aliphatic rings. The highest BCUT2D eigenvalue weighted by Gasteiger charge is 2.05. The molecular weight excluding hydrogens is 299 g/mol. The Kier molecular flexibility index (Phi) is 2.23. The van der Waals surface area contributed by atoms with Crippen molar-refractivity contribution in [1.29, 1.82) is 0 Å². The third kappa shape index (κ3) is 1.50. The van der Waals surface area contributed by atoms with Crippen LogP contribution in [0.3, 0.4) is 0 Å². The van der Waals surface area contributed by atoms with Crippen LogP contribution in [0, 0.1) is 3.57 Å². The van der Waals surface area contributed by atoms with Crippen molar-refractivity contribution in [2.45, 2.75) is 0 Å². The summed E-state index contributed by atoms with van der Waals surface area (Å²) in [6.07, 6.45) is 1.58. The van der Waals surface area contributed by atoms with E-state index in [0.717, 1.165) is 8.14 Å². The molecule has 2 rings (SSSR count). The van der Waals surface area contributed by atoms with E-state index in [1.165, 1.54) is 0 Å². The summed E-state index contributed by atoms with van der Waals surface area (Å²) in [5.74, 6) is 0.304. The predicted molar refractivity (Wildman–Crippen MR) is 57.5 cm³/mol. The standard InChI is InChI=1S/C7H5IN4O2/c8-4-1-2-5(9-3-4)12-6(13)10-11-7(12)14/h1-3H,(H,10,13)(H,11,14). The number of hydrogen-bond donors (Lipinski definition) is 2. The maximum atomic E-state index is 11.2. The van der Waals surface area contributed by atoms with Crippen LogP contribution in [0.15, 0.2) is 27.9 Å². The van der Waals surface area contributed by atoms with Crippen LogP contribution in [0.4, 0.5) is 0 Å². The van der Waals surface area contributed by atoms with E-state index in [4.69, 9.17) is 0 Å². The van der Waals surface area contributed by atoms with E-state index in [2.05, 4.69) is 37.8 Å². The van der Waals surface area contributed by atoms with Crippen molar-refractivity contribution in [2.75, 3.05) is 0 Å². The van der Waals surface area contributed by atoms with E-state index in [1.807, 2.05) is 0 Å². The monoisotopic (exact) mass is 304 g/mol. The van der Waals surface area contributed by atoms with E-state index in [0.29, 0.717) is 5.82 Å².